The van der Waals surface area contributed by atoms with Crippen LogP contribution in [-0.4, -0.2) is 14.7 Å². The second-order valence-corrected chi connectivity index (χ2v) is 5.26. The highest BCUT2D eigenvalue weighted by Crippen LogP contribution is 2.31. The molecule has 1 aromatic heterocycles. The van der Waals surface area contributed by atoms with Crippen molar-refractivity contribution in [1.29, 1.82) is 0 Å². The number of hydrogen-bond acceptors (Lipinski definition) is 2. The Labute approximate surface area is 102 Å². The van der Waals surface area contributed by atoms with E-state index in [-0.39, 0.29) is 6.61 Å². The Balaban J connectivity index is 2.13. The normalized spacial score (nSPS) is 25.9. The maximum absolute atomic E-state index is 9.24. The quantitative estimate of drug-likeness (QED) is 0.798. The topological polar surface area (TPSA) is 41.0 Å². The molecule has 0 aliphatic heterocycles. The van der Waals surface area contributed by atoms with Crippen LogP contribution in [0.15, 0.2) is 6.20 Å². The zero-order valence-electron chi connectivity index (χ0n) is 9.78. The fourth-order valence-corrected chi connectivity index (χ4v) is 2.91. The Morgan fingerprint density at radius 2 is 2.25 bits per heavy atom. The maximum Gasteiger partial charge on any atom is 0.177 e. The molecule has 0 saturated heterocycles. The van der Waals surface area contributed by atoms with Crippen LogP contribution in [-0.2, 0) is 13.2 Å². The van der Waals surface area contributed by atoms with Gasteiger partial charge in [-0.15, -0.1) is 0 Å². The first-order chi connectivity index (χ1) is 7.72. The Kier molecular flexibility index (Phi) is 3.82. The number of imidazole rings is 1. The molecule has 2 N–H and O–H groups in total. The van der Waals surface area contributed by atoms with Gasteiger partial charge in [-0.3, -0.25) is 0 Å². The van der Waals surface area contributed by atoms with Crippen molar-refractivity contribution in [2.24, 2.45) is 11.8 Å². The summed E-state index contributed by atoms with van der Waals surface area (Å²) in [6.45, 7) is 3.35. The van der Waals surface area contributed by atoms with Crippen LogP contribution < -0.4 is 0 Å². The first-order valence-electron chi connectivity index (χ1n) is 6.10. The zero-order chi connectivity index (χ0) is 11.5. The van der Waals surface area contributed by atoms with E-state index in [9.17, 15) is 5.11 Å². The van der Waals surface area contributed by atoms with Crippen LogP contribution >= 0.6 is 12.2 Å². The van der Waals surface area contributed by atoms with Crippen molar-refractivity contribution in [3.8, 4) is 0 Å². The lowest BCUT2D eigenvalue weighted by Crippen LogP contribution is -2.22. The third kappa shape index (κ3) is 2.38. The van der Waals surface area contributed by atoms with Gasteiger partial charge in [0, 0.05) is 12.7 Å². The molecule has 0 spiro atoms. The van der Waals surface area contributed by atoms with Crippen molar-refractivity contribution in [2.45, 2.75) is 45.8 Å². The van der Waals surface area contributed by atoms with Crippen LogP contribution in [0.1, 0.15) is 38.3 Å². The predicted octanol–water partition coefficient (Wildman–Crippen LogP) is 2.86. The van der Waals surface area contributed by atoms with Crippen LogP contribution in [0.3, 0.4) is 0 Å². The van der Waals surface area contributed by atoms with Crippen LogP contribution in [0.5, 0.6) is 0 Å². The van der Waals surface area contributed by atoms with E-state index in [1.165, 1.54) is 25.7 Å². The molecular formula is C12H20N2OS. The lowest BCUT2D eigenvalue weighted by molar-refractivity contribution is 0.216. The standard InChI is InChI=1S/C12H20N2OS/c1-9-4-2-3-5-10(9)7-14-11(8-15)6-13-12(14)16/h6,9-10,15H,2-5,7-8H2,1H3,(H,13,16). The molecule has 16 heavy (non-hydrogen) atoms. The smallest absolute Gasteiger partial charge is 0.177 e. The summed E-state index contributed by atoms with van der Waals surface area (Å²) in [4.78, 5) is 3.01. The molecular weight excluding hydrogens is 220 g/mol. The first kappa shape index (κ1) is 11.9. The van der Waals surface area contributed by atoms with Crippen molar-refractivity contribution in [3.63, 3.8) is 0 Å². The van der Waals surface area contributed by atoms with Crippen LogP contribution in [0.25, 0.3) is 0 Å². The second kappa shape index (κ2) is 5.15. The Hall–Kier alpha value is -0.610. The monoisotopic (exact) mass is 240 g/mol. The molecule has 1 aliphatic rings. The van der Waals surface area contributed by atoms with E-state index in [4.69, 9.17) is 12.2 Å². The number of aliphatic hydroxyl groups excluding tert-OH is 1. The van der Waals surface area contributed by atoms with Gasteiger partial charge in [-0.2, -0.15) is 0 Å². The van der Waals surface area contributed by atoms with E-state index in [1.807, 2.05) is 6.20 Å². The van der Waals surface area contributed by atoms with Gasteiger partial charge in [0.2, 0.25) is 0 Å². The van der Waals surface area contributed by atoms with E-state index in [0.29, 0.717) is 5.92 Å². The molecule has 0 radical (unpaired) electrons. The molecule has 2 rings (SSSR count). The molecule has 1 heterocycles. The summed E-state index contributed by atoms with van der Waals surface area (Å²) in [5, 5.41) is 9.24. The minimum atomic E-state index is 0.0637. The van der Waals surface area contributed by atoms with E-state index in [1.54, 1.807) is 0 Å². The van der Waals surface area contributed by atoms with Crippen molar-refractivity contribution < 1.29 is 5.11 Å². The fourth-order valence-electron chi connectivity index (χ4n) is 2.66. The van der Waals surface area contributed by atoms with Crippen LogP contribution in [0.2, 0.25) is 0 Å². The highest BCUT2D eigenvalue weighted by atomic mass is 32.1. The minimum Gasteiger partial charge on any atom is -0.390 e. The van der Waals surface area contributed by atoms with Gasteiger partial charge in [0.15, 0.2) is 4.77 Å². The highest BCUT2D eigenvalue weighted by Gasteiger charge is 2.22. The molecule has 1 aromatic rings. The molecule has 3 nitrogen and oxygen atoms in total. The van der Waals surface area contributed by atoms with E-state index in [0.717, 1.165) is 22.9 Å². The molecule has 0 aromatic carbocycles. The summed E-state index contributed by atoms with van der Waals surface area (Å²) < 4.78 is 2.80. The SMILES string of the molecule is CC1CCCCC1Cn1c(CO)c[nH]c1=S. The Morgan fingerprint density at radius 1 is 1.50 bits per heavy atom. The lowest BCUT2D eigenvalue weighted by atomic mass is 9.80. The molecule has 1 fully saturated rings. The van der Waals surface area contributed by atoms with Gasteiger partial charge in [0.05, 0.1) is 12.3 Å². The molecule has 2 unspecified atom stereocenters. The van der Waals surface area contributed by atoms with Crippen molar-refractivity contribution >= 4 is 12.2 Å². The third-order valence-electron chi connectivity index (χ3n) is 3.82. The predicted molar refractivity (Wildman–Crippen MR) is 66.7 cm³/mol. The third-order valence-corrected chi connectivity index (χ3v) is 4.16. The largest absolute Gasteiger partial charge is 0.390 e. The van der Waals surface area contributed by atoms with Crippen molar-refractivity contribution in [3.05, 3.63) is 16.7 Å². The number of hydrogen-bond donors (Lipinski definition) is 2. The lowest BCUT2D eigenvalue weighted by Gasteiger charge is -2.29. The van der Waals surface area contributed by atoms with Crippen molar-refractivity contribution in [2.75, 3.05) is 0 Å². The van der Waals surface area contributed by atoms with Gasteiger partial charge in [-0.25, -0.2) is 0 Å². The van der Waals surface area contributed by atoms with Crippen LogP contribution in [0.4, 0.5) is 0 Å². The van der Waals surface area contributed by atoms with E-state index < -0.39 is 0 Å². The molecule has 1 aliphatic carbocycles. The summed E-state index contributed by atoms with van der Waals surface area (Å²) in [5.41, 5.74) is 0.905. The number of aromatic amines is 1. The van der Waals surface area contributed by atoms with Gasteiger partial charge in [-0.05, 0) is 30.5 Å². The first-order valence-corrected chi connectivity index (χ1v) is 6.51. The molecule has 4 heteroatoms. The number of nitrogens with one attached hydrogen (secondary N) is 1. The van der Waals surface area contributed by atoms with Crippen molar-refractivity contribution in [1.82, 2.24) is 9.55 Å². The Morgan fingerprint density at radius 3 is 2.94 bits per heavy atom. The molecule has 1 saturated carbocycles. The molecule has 0 bridgehead atoms. The molecule has 90 valence electrons. The number of H-pyrrole nitrogens is 1. The fraction of sp³-hybridized carbons (Fsp3) is 0.750. The molecule has 0 amide bonds. The van der Waals surface area contributed by atoms with Gasteiger partial charge in [0.25, 0.3) is 0 Å². The highest BCUT2D eigenvalue weighted by molar-refractivity contribution is 7.71. The maximum atomic E-state index is 9.24. The number of nitrogens with zero attached hydrogens (tertiary/aromatic N) is 1. The van der Waals surface area contributed by atoms with E-state index in [2.05, 4.69) is 16.5 Å². The van der Waals surface area contributed by atoms with E-state index >= 15 is 0 Å². The van der Waals surface area contributed by atoms with Gasteiger partial charge in [0.1, 0.15) is 0 Å². The minimum absolute atomic E-state index is 0.0637. The second-order valence-electron chi connectivity index (χ2n) is 4.88. The average Bonchev–Trinajstić information content (AvgIpc) is 2.63. The van der Waals surface area contributed by atoms with Crippen LogP contribution in [0, 0.1) is 16.6 Å². The summed E-state index contributed by atoms with van der Waals surface area (Å²) in [6, 6.07) is 0. The summed E-state index contributed by atoms with van der Waals surface area (Å²) in [7, 11) is 0. The average molecular weight is 240 g/mol. The summed E-state index contributed by atoms with van der Waals surface area (Å²) in [6.07, 6.45) is 7.13. The zero-order valence-corrected chi connectivity index (χ0v) is 10.6. The number of rotatable bonds is 3. The Bertz CT molecular complexity index is 396. The number of aliphatic hydroxyl groups is 1. The van der Waals surface area contributed by atoms with Gasteiger partial charge >= 0.3 is 0 Å². The number of aromatic nitrogens is 2. The van der Waals surface area contributed by atoms with Gasteiger partial charge < -0.3 is 14.7 Å². The van der Waals surface area contributed by atoms with Gasteiger partial charge in [-0.1, -0.05) is 26.2 Å². The summed E-state index contributed by atoms with van der Waals surface area (Å²) in [5.74, 6) is 1.48. The summed E-state index contributed by atoms with van der Waals surface area (Å²) >= 11 is 5.24. The molecule has 2 atom stereocenters.